The smallest absolute Gasteiger partial charge is 0.258 e. The second-order valence-corrected chi connectivity index (χ2v) is 5.55. The predicted octanol–water partition coefficient (Wildman–Crippen LogP) is 2.21. The lowest BCUT2D eigenvalue weighted by molar-refractivity contribution is -0.122. The fourth-order valence-electron chi connectivity index (χ4n) is 2.87. The molecule has 0 saturated heterocycles. The van der Waals surface area contributed by atoms with Crippen LogP contribution in [-0.4, -0.2) is 34.0 Å². The highest BCUT2D eigenvalue weighted by Gasteiger charge is 2.29. The summed E-state index contributed by atoms with van der Waals surface area (Å²) in [6, 6.07) is 14.9. The maximum atomic E-state index is 10.9. The number of carbonyl (C=O) groups is 1. The molecule has 1 aliphatic rings. The summed E-state index contributed by atoms with van der Waals surface area (Å²) in [5, 5.41) is 15.3. The van der Waals surface area contributed by atoms with Gasteiger partial charge in [-0.2, -0.15) is 0 Å². The molecule has 3 aromatic rings. The van der Waals surface area contributed by atoms with Crippen LogP contribution in [0.2, 0.25) is 0 Å². The maximum absolute atomic E-state index is 10.9. The molecule has 1 aliphatic heterocycles. The van der Waals surface area contributed by atoms with Crippen molar-refractivity contribution < 1.29 is 14.7 Å². The Kier molecular flexibility index (Phi) is 3.46. The Labute approximate surface area is 142 Å². The molecule has 7 heteroatoms. The van der Waals surface area contributed by atoms with Crippen LogP contribution in [0.3, 0.4) is 0 Å². The number of rotatable bonds is 4. The zero-order valence-corrected chi connectivity index (χ0v) is 13.1. The van der Waals surface area contributed by atoms with Gasteiger partial charge >= 0.3 is 0 Å². The van der Waals surface area contributed by atoms with Gasteiger partial charge in [-0.1, -0.05) is 41.6 Å². The molecule has 1 amide bonds. The summed E-state index contributed by atoms with van der Waals surface area (Å²) in [5.41, 5.74) is 8.79. The molecule has 124 valence electrons. The number of aromatic nitrogens is 1. The van der Waals surface area contributed by atoms with Crippen LogP contribution in [0, 0.1) is 0 Å². The maximum Gasteiger partial charge on any atom is 0.258 e. The Morgan fingerprint density at radius 2 is 1.96 bits per heavy atom. The second-order valence-electron chi connectivity index (χ2n) is 5.55. The van der Waals surface area contributed by atoms with Crippen LogP contribution in [-0.2, 0) is 9.63 Å². The van der Waals surface area contributed by atoms with E-state index in [9.17, 15) is 9.90 Å². The highest BCUT2D eigenvalue weighted by atomic mass is 16.6. The van der Waals surface area contributed by atoms with Gasteiger partial charge in [0.05, 0.1) is 11.3 Å². The van der Waals surface area contributed by atoms with Crippen LogP contribution in [0.5, 0.6) is 5.88 Å². The zero-order chi connectivity index (χ0) is 17.4. The van der Waals surface area contributed by atoms with Crippen LogP contribution in [0.25, 0.3) is 10.9 Å². The van der Waals surface area contributed by atoms with Gasteiger partial charge in [-0.05, 0) is 12.1 Å². The molecule has 0 unspecified atom stereocenters. The first-order chi connectivity index (χ1) is 12.1. The largest absolute Gasteiger partial charge is 0.494 e. The summed E-state index contributed by atoms with van der Waals surface area (Å²) in [6.07, 6.45) is 0. The van der Waals surface area contributed by atoms with Crippen molar-refractivity contribution in [1.82, 2.24) is 4.98 Å². The van der Waals surface area contributed by atoms with E-state index in [-0.39, 0.29) is 12.5 Å². The molecule has 0 aliphatic carbocycles. The number of aliphatic imine (C=N–C) groups is 1. The molecule has 1 aromatic heterocycles. The number of para-hydroxylation sites is 2. The van der Waals surface area contributed by atoms with E-state index < -0.39 is 5.91 Å². The van der Waals surface area contributed by atoms with Crippen LogP contribution in [0.1, 0.15) is 11.1 Å². The summed E-state index contributed by atoms with van der Waals surface area (Å²) < 4.78 is 0. The van der Waals surface area contributed by atoms with Crippen molar-refractivity contribution in [3.63, 3.8) is 0 Å². The van der Waals surface area contributed by atoms with E-state index in [0.717, 1.165) is 16.5 Å². The number of carbonyl (C=O) groups excluding carboxylic acids is 1. The van der Waals surface area contributed by atoms with Gasteiger partial charge in [-0.15, -0.1) is 0 Å². The lowest BCUT2D eigenvalue weighted by Crippen LogP contribution is -2.18. The van der Waals surface area contributed by atoms with E-state index in [0.29, 0.717) is 22.7 Å². The number of H-pyrrole nitrogens is 1. The number of hydrogen-bond donors (Lipinski definition) is 3. The molecule has 4 rings (SSSR count). The molecule has 4 N–H and O–H groups in total. The molecule has 7 nitrogen and oxygen atoms in total. The van der Waals surface area contributed by atoms with Gasteiger partial charge in [-0.3, -0.25) is 4.79 Å². The quantitative estimate of drug-likeness (QED) is 0.636. The van der Waals surface area contributed by atoms with Gasteiger partial charge in [0.25, 0.3) is 5.91 Å². The van der Waals surface area contributed by atoms with E-state index in [2.05, 4.69) is 15.1 Å². The molecule has 2 heterocycles. The highest BCUT2D eigenvalue weighted by Crippen LogP contribution is 2.35. The molecule has 2 aromatic carbocycles. The second kappa shape index (κ2) is 5.79. The van der Waals surface area contributed by atoms with Gasteiger partial charge in [0, 0.05) is 16.5 Å². The summed E-state index contributed by atoms with van der Waals surface area (Å²) in [6.45, 7) is -0.335. The third-order valence-electron chi connectivity index (χ3n) is 3.90. The van der Waals surface area contributed by atoms with Crippen LogP contribution in [0.4, 0.5) is 5.69 Å². The molecule has 0 spiro atoms. The van der Waals surface area contributed by atoms with Gasteiger partial charge in [0.1, 0.15) is 11.4 Å². The number of nitrogens with two attached hydrogens (primary N) is 1. The number of primary amides is 1. The standard InChI is InChI=1S/C18H14N4O3/c19-14(23)9-25-22-16-11-6-2-4-8-13(11)20-17(16)15-10-5-1-3-7-12(10)21-18(15)24/h1-8,21,24H,9H2,(H2,19,23). The van der Waals surface area contributed by atoms with Crippen molar-refractivity contribution in [2.24, 2.45) is 15.9 Å². The SMILES string of the molecule is NC(=O)CON=C1C(c2c(O)[nH]c3ccccc23)=Nc2ccccc21. The number of benzene rings is 2. The minimum Gasteiger partial charge on any atom is -0.494 e. The average Bonchev–Trinajstić information content (AvgIpc) is 3.11. The minimum atomic E-state index is -0.621. The van der Waals surface area contributed by atoms with Crippen molar-refractivity contribution >= 4 is 33.9 Å². The van der Waals surface area contributed by atoms with Gasteiger partial charge in [0.15, 0.2) is 12.5 Å². The fourth-order valence-corrected chi connectivity index (χ4v) is 2.87. The highest BCUT2D eigenvalue weighted by molar-refractivity contribution is 6.58. The predicted molar refractivity (Wildman–Crippen MR) is 94.3 cm³/mol. The van der Waals surface area contributed by atoms with Crippen molar-refractivity contribution in [1.29, 1.82) is 0 Å². The first kappa shape index (κ1) is 14.9. The molecular formula is C18H14N4O3. The Balaban J connectivity index is 1.87. The molecule has 25 heavy (non-hydrogen) atoms. The van der Waals surface area contributed by atoms with Crippen LogP contribution >= 0.6 is 0 Å². The fraction of sp³-hybridized carbons (Fsp3) is 0.0556. The Hall–Kier alpha value is -3.61. The topological polar surface area (TPSA) is 113 Å². The van der Waals surface area contributed by atoms with Crippen molar-refractivity contribution in [2.75, 3.05) is 6.61 Å². The van der Waals surface area contributed by atoms with Crippen molar-refractivity contribution in [3.8, 4) is 5.88 Å². The zero-order valence-electron chi connectivity index (χ0n) is 13.1. The number of fused-ring (bicyclic) bond motifs is 2. The average molecular weight is 334 g/mol. The molecule has 0 bridgehead atoms. The Morgan fingerprint density at radius 3 is 2.80 bits per heavy atom. The number of aromatic hydroxyl groups is 1. The van der Waals surface area contributed by atoms with E-state index in [1.54, 1.807) is 0 Å². The monoisotopic (exact) mass is 334 g/mol. The Morgan fingerprint density at radius 1 is 1.20 bits per heavy atom. The van der Waals surface area contributed by atoms with Gasteiger partial charge in [0.2, 0.25) is 0 Å². The molecule has 0 saturated carbocycles. The molecular weight excluding hydrogens is 320 g/mol. The van der Waals surface area contributed by atoms with Crippen molar-refractivity contribution in [2.45, 2.75) is 0 Å². The first-order valence-corrected chi connectivity index (χ1v) is 7.62. The van der Waals surface area contributed by atoms with E-state index in [1.807, 2.05) is 48.5 Å². The summed E-state index contributed by atoms with van der Waals surface area (Å²) in [4.78, 5) is 23.5. The number of aromatic amines is 1. The number of hydrogen-bond acceptors (Lipinski definition) is 5. The molecule has 0 atom stereocenters. The Bertz CT molecular complexity index is 1050. The molecule has 0 radical (unpaired) electrons. The van der Waals surface area contributed by atoms with Gasteiger partial charge < -0.3 is 20.7 Å². The third-order valence-corrected chi connectivity index (χ3v) is 3.90. The lowest BCUT2D eigenvalue weighted by atomic mass is 10.0. The summed E-state index contributed by atoms with van der Waals surface area (Å²) in [7, 11) is 0. The number of nitrogens with zero attached hydrogens (tertiary/aromatic N) is 2. The third kappa shape index (κ3) is 2.51. The number of amides is 1. The van der Waals surface area contributed by atoms with E-state index >= 15 is 0 Å². The lowest BCUT2D eigenvalue weighted by Gasteiger charge is -2.04. The minimum absolute atomic E-state index is 0.00430. The summed E-state index contributed by atoms with van der Waals surface area (Å²) >= 11 is 0. The van der Waals surface area contributed by atoms with Crippen LogP contribution in [0.15, 0.2) is 58.7 Å². The van der Waals surface area contributed by atoms with Gasteiger partial charge in [-0.25, -0.2) is 4.99 Å². The van der Waals surface area contributed by atoms with E-state index in [1.165, 1.54) is 0 Å². The van der Waals surface area contributed by atoms with E-state index in [4.69, 9.17) is 10.6 Å². The molecule has 0 fully saturated rings. The number of nitrogens with one attached hydrogen (secondary N) is 1. The van der Waals surface area contributed by atoms with Crippen molar-refractivity contribution in [3.05, 3.63) is 59.7 Å². The van der Waals surface area contributed by atoms with Crippen LogP contribution < -0.4 is 5.73 Å². The normalized spacial score (nSPS) is 14.6. The number of oxime groups is 1. The summed E-state index contributed by atoms with van der Waals surface area (Å²) in [5.74, 6) is -0.626. The first-order valence-electron chi connectivity index (χ1n) is 7.62.